The second-order valence-electron chi connectivity index (χ2n) is 3.88. The fourth-order valence-electron chi connectivity index (χ4n) is 1.60. The molecular formula is C10H9F5N2O2. The highest BCUT2D eigenvalue weighted by molar-refractivity contribution is 4.96. The van der Waals surface area contributed by atoms with Crippen LogP contribution >= 0.6 is 0 Å². The highest BCUT2D eigenvalue weighted by atomic mass is 19.4. The molecule has 2 atom stereocenters. The summed E-state index contributed by atoms with van der Waals surface area (Å²) in [6, 6.07) is 2.96. The van der Waals surface area contributed by atoms with E-state index in [-0.39, 0.29) is 0 Å². The number of halogens is 5. The summed E-state index contributed by atoms with van der Waals surface area (Å²) in [5, 5.41) is 16.6. The van der Waals surface area contributed by atoms with Crippen molar-refractivity contribution >= 4 is 0 Å². The van der Waals surface area contributed by atoms with Crippen LogP contribution in [0.5, 0.6) is 0 Å². The first-order valence-corrected chi connectivity index (χ1v) is 5.22. The van der Waals surface area contributed by atoms with Gasteiger partial charge in [-0.2, -0.15) is 23.7 Å². The van der Waals surface area contributed by atoms with Gasteiger partial charge in [-0.05, 0) is 0 Å². The van der Waals surface area contributed by atoms with Crippen LogP contribution < -0.4 is 0 Å². The normalized spacial score (nSPS) is 34.8. The van der Waals surface area contributed by atoms with Gasteiger partial charge in [-0.1, -0.05) is 0 Å². The molecule has 0 saturated carbocycles. The Morgan fingerprint density at radius 3 is 1.58 bits per heavy atom. The summed E-state index contributed by atoms with van der Waals surface area (Å²) in [7, 11) is 0. The minimum absolute atomic E-state index is 0.553. The van der Waals surface area contributed by atoms with Crippen molar-refractivity contribution in [1.29, 1.82) is 10.5 Å². The van der Waals surface area contributed by atoms with Gasteiger partial charge in [0.2, 0.25) is 0 Å². The smallest absolute Gasteiger partial charge is 0.302 e. The Morgan fingerprint density at radius 2 is 1.32 bits per heavy atom. The van der Waals surface area contributed by atoms with Gasteiger partial charge >= 0.3 is 6.18 Å². The van der Waals surface area contributed by atoms with Crippen molar-refractivity contribution in [3.63, 3.8) is 0 Å². The van der Waals surface area contributed by atoms with E-state index < -0.39 is 49.9 Å². The molecule has 1 aliphatic rings. The maximum Gasteiger partial charge on any atom is 0.440 e. The van der Waals surface area contributed by atoms with Gasteiger partial charge in [-0.3, -0.25) is 0 Å². The molecule has 0 aromatic rings. The zero-order chi connectivity index (χ0) is 14.7. The summed E-state index contributed by atoms with van der Waals surface area (Å²) >= 11 is 0. The van der Waals surface area contributed by atoms with E-state index in [1.165, 1.54) is 12.1 Å². The van der Waals surface area contributed by atoms with E-state index in [4.69, 9.17) is 10.5 Å². The predicted molar refractivity (Wildman–Crippen MR) is 49.4 cm³/mol. The summed E-state index contributed by atoms with van der Waals surface area (Å²) in [6.07, 6.45) is -11.1. The molecule has 1 heterocycles. The number of ether oxygens (including phenoxy) is 2. The van der Waals surface area contributed by atoms with Crippen LogP contribution in [0.15, 0.2) is 0 Å². The van der Waals surface area contributed by atoms with E-state index in [1.54, 1.807) is 0 Å². The second kappa shape index (κ2) is 5.27. The van der Waals surface area contributed by atoms with Crippen LogP contribution in [0.2, 0.25) is 0 Å². The summed E-state index contributed by atoms with van der Waals surface area (Å²) in [5.74, 6) is -6.81. The Labute approximate surface area is 105 Å². The van der Waals surface area contributed by atoms with Crippen LogP contribution in [-0.4, -0.2) is 24.2 Å². The van der Waals surface area contributed by atoms with Gasteiger partial charge in [0, 0.05) is 25.7 Å². The Morgan fingerprint density at radius 1 is 0.947 bits per heavy atom. The van der Waals surface area contributed by atoms with Crippen LogP contribution in [0.1, 0.15) is 25.7 Å². The van der Waals surface area contributed by atoms with E-state index >= 15 is 0 Å². The lowest BCUT2D eigenvalue weighted by Crippen LogP contribution is -2.44. The molecule has 1 fully saturated rings. The molecule has 106 valence electrons. The molecule has 4 nitrogen and oxygen atoms in total. The first kappa shape index (κ1) is 15.6. The van der Waals surface area contributed by atoms with E-state index in [0.717, 1.165) is 0 Å². The maximum absolute atomic E-state index is 14.2. The van der Waals surface area contributed by atoms with E-state index in [0.29, 0.717) is 0 Å². The van der Waals surface area contributed by atoms with Gasteiger partial charge in [0.1, 0.15) is 0 Å². The van der Waals surface area contributed by atoms with Crippen molar-refractivity contribution < 1.29 is 31.4 Å². The van der Waals surface area contributed by atoms with E-state index in [9.17, 15) is 22.0 Å². The van der Waals surface area contributed by atoms with Crippen LogP contribution in [0.25, 0.3) is 0 Å². The van der Waals surface area contributed by atoms with Crippen molar-refractivity contribution in [2.45, 2.75) is 49.9 Å². The number of alkyl halides is 5. The van der Waals surface area contributed by atoms with Crippen LogP contribution in [-0.2, 0) is 9.47 Å². The van der Waals surface area contributed by atoms with Gasteiger partial charge in [-0.25, -0.2) is 8.78 Å². The highest BCUT2D eigenvalue weighted by Crippen LogP contribution is 2.50. The molecule has 1 aliphatic heterocycles. The standard InChI is InChI=1S/C10H9F5N2O2/c11-8(3-1-5-16)9(12,4-2-6-17)19-7(18-8)10(13,14)15/h7H,1-4H2. The number of hydrogen-bond acceptors (Lipinski definition) is 4. The lowest BCUT2D eigenvalue weighted by atomic mass is 9.99. The van der Waals surface area contributed by atoms with Gasteiger partial charge in [0.05, 0.1) is 12.1 Å². The lowest BCUT2D eigenvalue weighted by molar-refractivity contribution is -0.299. The first-order chi connectivity index (χ1) is 8.68. The molecule has 1 saturated heterocycles. The van der Waals surface area contributed by atoms with Crippen molar-refractivity contribution in [3.8, 4) is 12.1 Å². The third kappa shape index (κ3) is 3.11. The van der Waals surface area contributed by atoms with Gasteiger partial charge in [0.15, 0.2) is 0 Å². The van der Waals surface area contributed by atoms with Crippen molar-refractivity contribution in [2.24, 2.45) is 0 Å². The molecule has 0 N–H and O–H groups in total. The number of nitrogens with zero attached hydrogens (tertiary/aromatic N) is 2. The number of hydrogen-bond donors (Lipinski definition) is 0. The summed E-state index contributed by atoms with van der Waals surface area (Å²) in [5.41, 5.74) is 0. The van der Waals surface area contributed by atoms with Crippen molar-refractivity contribution in [1.82, 2.24) is 0 Å². The van der Waals surface area contributed by atoms with Crippen molar-refractivity contribution in [2.75, 3.05) is 0 Å². The highest BCUT2D eigenvalue weighted by Gasteiger charge is 2.68. The Hall–Kier alpha value is -1.45. The third-order valence-corrected chi connectivity index (χ3v) is 2.53. The van der Waals surface area contributed by atoms with Crippen LogP contribution in [0.3, 0.4) is 0 Å². The van der Waals surface area contributed by atoms with Crippen LogP contribution in [0, 0.1) is 22.7 Å². The molecule has 0 aromatic carbocycles. The van der Waals surface area contributed by atoms with Gasteiger partial charge in [-0.15, -0.1) is 0 Å². The minimum atomic E-state index is -5.11. The zero-order valence-corrected chi connectivity index (χ0v) is 9.51. The third-order valence-electron chi connectivity index (χ3n) is 2.53. The number of rotatable bonds is 4. The Kier molecular flexibility index (Phi) is 4.33. The fourth-order valence-corrected chi connectivity index (χ4v) is 1.60. The van der Waals surface area contributed by atoms with E-state index in [2.05, 4.69) is 9.47 Å². The minimum Gasteiger partial charge on any atom is -0.302 e. The Balaban J connectivity index is 2.97. The van der Waals surface area contributed by atoms with Crippen LogP contribution in [0.4, 0.5) is 22.0 Å². The molecule has 0 radical (unpaired) electrons. The van der Waals surface area contributed by atoms with Crippen molar-refractivity contribution in [3.05, 3.63) is 0 Å². The monoisotopic (exact) mass is 284 g/mol. The molecule has 0 amide bonds. The first-order valence-electron chi connectivity index (χ1n) is 5.22. The average Bonchev–Trinajstić information content (AvgIpc) is 2.58. The van der Waals surface area contributed by atoms with E-state index in [1.807, 2.05) is 0 Å². The quantitative estimate of drug-likeness (QED) is 0.744. The van der Waals surface area contributed by atoms with Gasteiger partial charge < -0.3 is 9.47 Å². The molecule has 0 bridgehead atoms. The molecular weight excluding hydrogens is 275 g/mol. The largest absolute Gasteiger partial charge is 0.440 e. The summed E-state index contributed by atoms with van der Waals surface area (Å²) in [6.45, 7) is 0. The average molecular weight is 284 g/mol. The second-order valence-corrected chi connectivity index (χ2v) is 3.88. The SMILES string of the molecule is N#CCCC1(F)OC(C(F)(F)F)OC1(F)CCC#N. The molecule has 0 aromatic heterocycles. The molecule has 0 spiro atoms. The molecule has 19 heavy (non-hydrogen) atoms. The number of nitriles is 2. The topological polar surface area (TPSA) is 66.0 Å². The predicted octanol–water partition coefficient (Wildman–Crippen LogP) is 2.86. The fraction of sp³-hybridized carbons (Fsp3) is 0.800. The summed E-state index contributed by atoms with van der Waals surface area (Å²) < 4.78 is 73.4. The van der Waals surface area contributed by atoms with Gasteiger partial charge in [0.25, 0.3) is 18.0 Å². The molecule has 0 aliphatic carbocycles. The maximum atomic E-state index is 14.2. The molecule has 1 rings (SSSR count). The Bertz CT molecular complexity index is 384. The summed E-state index contributed by atoms with van der Waals surface area (Å²) in [4.78, 5) is 0. The molecule has 2 unspecified atom stereocenters. The lowest BCUT2D eigenvalue weighted by Gasteiger charge is -2.28. The zero-order valence-electron chi connectivity index (χ0n) is 9.51. The molecule has 9 heteroatoms.